The molecule has 0 bridgehead atoms. The molecule has 1 amide bonds. The highest BCUT2D eigenvalue weighted by molar-refractivity contribution is 5.82. The fraction of sp³-hybridized carbons (Fsp3) is 0.806. The molecule has 2 heterocycles. The van der Waals surface area contributed by atoms with E-state index in [2.05, 4.69) is 88.3 Å². The van der Waals surface area contributed by atoms with Gasteiger partial charge in [-0.1, -0.05) is 72.7 Å². The predicted octanol–water partition coefficient (Wildman–Crippen LogP) is 4.58. The van der Waals surface area contributed by atoms with Gasteiger partial charge in [0.1, 0.15) is 12.1 Å². The highest BCUT2D eigenvalue weighted by Crippen LogP contribution is 2.47. The predicted molar refractivity (Wildman–Crippen MR) is 176 cm³/mol. The molecule has 1 aromatic carbocycles. The SMILES string of the molecule is CC(C)C[C@@H](CN1CCCC1)NCc1cccc(CN2O[C@@H](CO)[C@@H]([C@H](C)O)[C@H]2C(=O)N[C@H]2C[C@@H](C)C(C)(C)[C@@H](C)[C@@H]2C)c1. The Morgan fingerprint density at radius 2 is 1.80 bits per heavy atom. The van der Waals surface area contributed by atoms with Gasteiger partial charge in [-0.25, -0.2) is 0 Å². The summed E-state index contributed by atoms with van der Waals surface area (Å²) in [5.74, 6) is 1.23. The maximum Gasteiger partial charge on any atom is 0.240 e. The van der Waals surface area contributed by atoms with Crippen molar-refractivity contribution in [2.75, 3.05) is 26.2 Å². The van der Waals surface area contributed by atoms with Gasteiger partial charge in [0.15, 0.2) is 0 Å². The Morgan fingerprint density at radius 3 is 2.43 bits per heavy atom. The second kappa shape index (κ2) is 15.4. The highest BCUT2D eigenvalue weighted by atomic mass is 16.7. The third kappa shape index (κ3) is 8.42. The molecule has 9 atom stereocenters. The molecule has 1 saturated carbocycles. The first-order valence-electron chi connectivity index (χ1n) is 17.4. The van der Waals surface area contributed by atoms with E-state index in [1.165, 1.54) is 31.5 Å². The molecule has 0 aromatic heterocycles. The lowest BCUT2D eigenvalue weighted by molar-refractivity contribution is -0.182. The minimum Gasteiger partial charge on any atom is -0.394 e. The van der Waals surface area contributed by atoms with Crippen LogP contribution in [0.3, 0.4) is 0 Å². The van der Waals surface area contributed by atoms with Gasteiger partial charge in [0.05, 0.1) is 19.3 Å². The zero-order valence-corrected chi connectivity index (χ0v) is 28.8. The molecule has 44 heavy (non-hydrogen) atoms. The van der Waals surface area contributed by atoms with Gasteiger partial charge in [-0.05, 0) is 85.9 Å². The van der Waals surface area contributed by atoms with Crippen molar-refractivity contribution in [1.29, 1.82) is 0 Å². The summed E-state index contributed by atoms with van der Waals surface area (Å²) in [4.78, 5) is 22.8. The van der Waals surface area contributed by atoms with Crippen LogP contribution in [-0.4, -0.2) is 82.7 Å². The number of hydroxylamine groups is 2. The topological polar surface area (TPSA) is 97.3 Å². The van der Waals surface area contributed by atoms with Crippen molar-refractivity contribution in [1.82, 2.24) is 20.6 Å². The van der Waals surface area contributed by atoms with E-state index >= 15 is 0 Å². The fourth-order valence-corrected chi connectivity index (χ4v) is 8.06. The van der Waals surface area contributed by atoms with Gasteiger partial charge in [0, 0.05) is 31.1 Å². The summed E-state index contributed by atoms with van der Waals surface area (Å²) >= 11 is 0. The molecule has 1 aromatic rings. The number of carbonyl (C=O) groups is 1. The first-order chi connectivity index (χ1) is 20.8. The molecule has 250 valence electrons. The largest absolute Gasteiger partial charge is 0.394 e. The zero-order chi connectivity index (χ0) is 32.2. The van der Waals surface area contributed by atoms with Crippen molar-refractivity contribution >= 4 is 5.91 Å². The number of rotatable bonds is 13. The zero-order valence-electron chi connectivity index (χ0n) is 28.8. The van der Waals surface area contributed by atoms with Gasteiger partial charge >= 0.3 is 0 Å². The maximum absolute atomic E-state index is 14.0. The van der Waals surface area contributed by atoms with Crippen LogP contribution in [-0.2, 0) is 22.7 Å². The number of amides is 1. The van der Waals surface area contributed by atoms with Crippen molar-refractivity contribution in [3.8, 4) is 0 Å². The van der Waals surface area contributed by atoms with Crippen LogP contribution in [0.2, 0.25) is 0 Å². The molecular weight excluding hydrogens is 552 g/mol. The molecule has 0 radical (unpaired) electrons. The lowest BCUT2D eigenvalue weighted by Gasteiger charge is -2.50. The summed E-state index contributed by atoms with van der Waals surface area (Å²) in [7, 11) is 0. The number of hydrogen-bond donors (Lipinski definition) is 4. The monoisotopic (exact) mass is 614 g/mol. The van der Waals surface area contributed by atoms with Gasteiger partial charge in [-0.3, -0.25) is 9.63 Å². The van der Waals surface area contributed by atoms with Crippen molar-refractivity contribution in [2.24, 2.45) is 35.0 Å². The molecular formula is C36H62N4O4. The minimum absolute atomic E-state index is 0.0546. The Labute approximate surface area is 267 Å². The number of aliphatic hydroxyl groups is 2. The van der Waals surface area contributed by atoms with E-state index < -0.39 is 24.2 Å². The van der Waals surface area contributed by atoms with Crippen LogP contribution in [0.5, 0.6) is 0 Å². The second-order valence-corrected chi connectivity index (χ2v) is 15.4. The molecule has 0 unspecified atom stereocenters. The van der Waals surface area contributed by atoms with Crippen LogP contribution < -0.4 is 10.6 Å². The van der Waals surface area contributed by atoms with Crippen LogP contribution in [0.1, 0.15) is 92.2 Å². The molecule has 0 spiro atoms. The molecule has 2 saturated heterocycles. The third-order valence-electron chi connectivity index (χ3n) is 11.5. The Bertz CT molecular complexity index is 1060. The molecule has 3 aliphatic rings. The molecule has 3 fully saturated rings. The Kier molecular flexibility index (Phi) is 12.3. The minimum atomic E-state index is -0.808. The van der Waals surface area contributed by atoms with Gasteiger partial charge in [0.2, 0.25) is 5.91 Å². The van der Waals surface area contributed by atoms with E-state index in [9.17, 15) is 15.0 Å². The molecule has 4 N–H and O–H groups in total. The number of likely N-dealkylation sites (tertiary alicyclic amines) is 1. The van der Waals surface area contributed by atoms with Gasteiger partial charge in [0.25, 0.3) is 0 Å². The standard InChI is InChI=1S/C36H62N4O4/c1-23(2)16-30(21-39-14-9-10-15-39)37-19-28-12-11-13-29(18-28)20-40-34(33(27(6)42)32(22-41)44-40)35(43)38-31-17-24(3)36(7,8)26(5)25(31)4/h11-13,18,23-27,30-34,37,41-42H,9-10,14-17,19-22H2,1-8H3,(H,38,43)/t24-,25+,26+,27+,30+,31+,32+,33-,34+/m1/s1. The second-order valence-electron chi connectivity index (χ2n) is 15.4. The Hall–Kier alpha value is -1.55. The van der Waals surface area contributed by atoms with Crippen LogP contribution in [0.4, 0.5) is 0 Å². The fourth-order valence-electron chi connectivity index (χ4n) is 8.06. The number of nitrogens with zero attached hydrogens (tertiary/aromatic N) is 2. The lowest BCUT2D eigenvalue weighted by atomic mass is 9.58. The molecule has 8 nitrogen and oxygen atoms in total. The maximum atomic E-state index is 14.0. The Balaban J connectivity index is 1.46. The number of benzene rings is 1. The highest BCUT2D eigenvalue weighted by Gasteiger charge is 2.51. The summed E-state index contributed by atoms with van der Waals surface area (Å²) in [6.07, 6.45) is 3.22. The van der Waals surface area contributed by atoms with Crippen molar-refractivity contribution in [3.63, 3.8) is 0 Å². The summed E-state index contributed by atoms with van der Waals surface area (Å²) in [6, 6.07) is 8.27. The average Bonchev–Trinajstić information content (AvgIpc) is 3.61. The van der Waals surface area contributed by atoms with Crippen molar-refractivity contribution in [2.45, 2.75) is 124 Å². The van der Waals surface area contributed by atoms with Crippen molar-refractivity contribution < 1.29 is 19.8 Å². The van der Waals surface area contributed by atoms with E-state index in [4.69, 9.17) is 4.84 Å². The van der Waals surface area contributed by atoms with E-state index in [0.29, 0.717) is 36.3 Å². The van der Waals surface area contributed by atoms with Crippen LogP contribution in [0.15, 0.2) is 24.3 Å². The lowest BCUT2D eigenvalue weighted by Crippen LogP contribution is -2.56. The summed E-state index contributed by atoms with van der Waals surface area (Å²) in [5.41, 5.74) is 2.45. The molecule has 2 aliphatic heterocycles. The number of aliphatic hydroxyl groups excluding tert-OH is 2. The van der Waals surface area contributed by atoms with Crippen molar-refractivity contribution in [3.05, 3.63) is 35.4 Å². The first-order valence-corrected chi connectivity index (χ1v) is 17.4. The molecule has 8 heteroatoms. The van der Waals surface area contributed by atoms with Crippen LogP contribution >= 0.6 is 0 Å². The van der Waals surface area contributed by atoms with E-state index in [-0.39, 0.29) is 24.0 Å². The summed E-state index contributed by atoms with van der Waals surface area (Å²) < 4.78 is 0. The van der Waals surface area contributed by atoms with E-state index in [0.717, 1.165) is 31.5 Å². The third-order valence-corrected chi connectivity index (χ3v) is 11.5. The van der Waals surface area contributed by atoms with Gasteiger partial charge < -0.3 is 25.7 Å². The summed E-state index contributed by atoms with van der Waals surface area (Å²) in [6.45, 7) is 22.2. The summed E-state index contributed by atoms with van der Waals surface area (Å²) in [5, 5.41) is 29.9. The average molecular weight is 615 g/mol. The number of hydrogen-bond acceptors (Lipinski definition) is 7. The first kappa shape index (κ1) is 35.3. The molecule has 1 aliphatic carbocycles. The number of nitrogens with one attached hydrogen (secondary N) is 2. The van der Waals surface area contributed by atoms with E-state index in [1.807, 2.05) is 0 Å². The normalized spacial score (nSPS) is 32.7. The van der Waals surface area contributed by atoms with Crippen LogP contribution in [0, 0.1) is 35.0 Å². The Morgan fingerprint density at radius 1 is 1.11 bits per heavy atom. The van der Waals surface area contributed by atoms with Crippen LogP contribution in [0.25, 0.3) is 0 Å². The van der Waals surface area contributed by atoms with E-state index in [1.54, 1.807) is 12.0 Å². The smallest absolute Gasteiger partial charge is 0.240 e. The number of carbonyl (C=O) groups excluding carboxylic acids is 1. The van der Waals surface area contributed by atoms with Gasteiger partial charge in [-0.2, -0.15) is 5.06 Å². The van der Waals surface area contributed by atoms with Gasteiger partial charge in [-0.15, -0.1) is 0 Å². The quantitative estimate of drug-likeness (QED) is 0.258. The molecule has 4 rings (SSSR count).